The number of nitrogens with one attached hydrogen (secondary N) is 4. The number of nitro benzene ring substituents is 1. The summed E-state index contributed by atoms with van der Waals surface area (Å²) in [5, 5.41) is 31.7. The van der Waals surface area contributed by atoms with Crippen LogP contribution in [0.3, 0.4) is 0 Å². The van der Waals surface area contributed by atoms with Crippen LogP contribution in [0.15, 0.2) is 103 Å². The van der Waals surface area contributed by atoms with Gasteiger partial charge in [-0.05, 0) is 54.6 Å². The van der Waals surface area contributed by atoms with Crippen LogP contribution in [0.5, 0.6) is 5.75 Å². The van der Waals surface area contributed by atoms with Crippen molar-refractivity contribution in [1.29, 1.82) is 0 Å². The van der Waals surface area contributed by atoms with Crippen LogP contribution in [0, 0.1) is 10.1 Å². The number of amides is 4. The molecule has 5 rings (SSSR count). The molecule has 5 N–H and O–H groups in total. The first-order valence-corrected chi connectivity index (χ1v) is 15.6. The number of phenols is 1. The molecule has 0 radical (unpaired) electrons. The molecular formula is C33H22Cl5N5O6. The highest BCUT2D eigenvalue weighted by Crippen LogP contribution is 2.35. The molecule has 0 fully saturated rings. The van der Waals surface area contributed by atoms with Gasteiger partial charge >= 0.3 is 6.03 Å². The number of carbonyl (C=O) groups excluding carboxylic acids is 3. The van der Waals surface area contributed by atoms with E-state index in [-0.39, 0.29) is 53.3 Å². The van der Waals surface area contributed by atoms with Crippen molar-refractivity contribution < 1.29 is 24.4 Å². The van der Waals surface area contributed by atoms with E-state index >= 15 is 0 Å². The van der Waals surface area contributed by atoms with E-state index in [0.29, 0.717) is 11.4 Å². The number of aromatic hydroxyl groups is 1. The van der Waals surface area contributed by atoms with E-state index in [1.807, 2.05) is 0 Å². The predicted molar refractivity (Wildman–Crippen MR) is 194 cm³/mol. The molecule has 0 bridgehead atoms. The maximum Gasteiger partial charge on any atom is 0.323 e. The van der Waals surface area contributed by atoms with Crippen LogP contribution in [0.25, 0.3) is 0 Å². The number of hydrogen-bond acceptors (Lipinski definition) is 6. The second-order valence-electron chi connectivity index (χ2n) is 9.65. The van der Waals surface area contributed by atoms with Crippen molar-refractivity contribution in [3.8, 4) is 5.75 Å². The van der Waals surface area contributed by atoms with Crippen LogP contribution in [-0.4, -0.2) is 27.9 Å². The van der Waals surface area contributed by atoms with Gasteiger partial charge in [0.05, 0.1) is 42.0 Å². The molecule has 0 aliphatic heterocycles. The van der Waals surface area contributed by atoms with Crippen molar-refractivity contribution in [2.75, 3.05) is 21.3 Å². The predicted octanol–water partition coefficient (Wildman–Crippen LogP) is 10.4. The van der Waals surface area contributed by atoms with Gasteiger partial charge in [0.1, 0.15) is 10.6 Å². The lowest BCUT2D eigenvalue weighted by Gasteiger charge is -2.14. The minimum absolute atomic E-state index is 0.0109. The monoisotopic (exact) mass is 759 g/mol. The summed E-state index contributed by atoms with van der Waals surface area (Å²) in [6.45, 7) is 0. The highest BCUT2D eigenvalue weighted by atomic mass is 35.5. The first-order valence-electron chi connectivity index (χ1n) is 13.8. The maximum absolute atomic E-state index is 12.6. The molecule has 4 amide bonds. The number of hydrogen-bond donors (Lipinski definition) is 5. The van der Waals surface area contributed by atoms with Crippen molar-refractivity contribution in [3.05, 3.63) is 149 Å². The summed E-state index contributed by atoms with van der Waals surface area (Å²) in [6, 6.07) is 26.6. The van der Waals surface area contributed by atoms with Gasteiger partial charge in [-0.2, -0.15) is 0 Å². The molecular weight excluding hydrogens is 740 g/mol. The average molecular weight is 762 g/mol. The molecule has 16 heteroatoms. The number of rotatable bonds is 7. The van der Waals surface area contributed by atoms with Gasteiger partial charge < -0.3 is 26.4 Å². The molecule has 0 aliphatic carbocycles. The number of nitro groups is 1. The Kier molecular flexibility index (Phi) is 12.7. The van der Waals surface area contributed by atoms with E-state index in [1.165, 1.54) is 18.2 Å². The van der Waals surface area contributed by atoms with Crippen LogP contribution in [0.1, 0.15) is 20.7 Å². The molecule has 5 aromatic carbocycles. The highest BCUT2D eigenvalue weighted by Gasteiger charge is 2.24. The molecule has 0 aliphatic rings. The summed E-state index contributed by atoms with van der Waals surface area (Å²) in [6.07, 6.45) is 0. The van der Waals surface area contributed by atoms with Gasteiger partial charge in [-0.25, -0.2) is 4.79 Å². The summed E-state index contributed by atoms with van der Waals surface area (Å²) in [5.74, 6) is -1.70. The second-order valence-corrected chi connectivity index (χ2v) is 11.6. The lowest BCUT2D eigenvalue weighted by atomic mass is 10.1. The zero-order chi connectivity index (χ0) is 35.7. The number of carbonyl (C=O) groups is 3. The van der Waals surface area contributed by atoms with E-state index in [0.717, 1.165) is 6.07 Å². The normalized spacial score (nSPS) is 10.2. The standard InChI is InChI=1S/C20H14Cl3N3O3.C13H8Cl2N2O3/c21-12-9-10-15(26-20(29)25-14-8-4-7-13(22)17(14)23)18(27)16(12)19(28)24-11-5-2-1-3-6-11;14-9-6-7-10(17(19)20)12(15)11(9)13(18)16-8-4-2-1-3-5-8/h1-10,27H,(H,24,28)(H2,25,26,29);1-7H,(H,16,18). The number of nitrogens with zero attached hydrogens (tertiary/aromatic N) is 1. The lowest BCUT2D eigenvalue weighted by Crippen LogP contribution is -2.20. The van der Waals surface area contributed by atoms with E-state index in [4.69, 9.17) is 58.0 Å². The SMILES string of the molecule is O=C(Nc1ccc(Cl)c(C(=O)Nc2ccccc2)c1O)Nc1cccc(Cl)c1Cl.O=C(Nc1ccccc1)c1c(Cl)ccc([N+](=O)[O-])c1Cl. The van der Waals surface area contributed by atoms with Crippen LogP contribution in [-0.2, 0) is 0 Å². The van der Waals surface area contributed by atoms with E-state index < -0.39 is 28.5 Å². The van der Waals surface area contributed by atoms with Gasteiger partial charge in [0.25, 0.3) is 17.5 Å². The molecule has 5 aromatic rings. The smallest absolute Gasteiger partial charge is 0.323 e. The summed E-state index contributed by atoms with van der Waals surface area (Å²) in [4.78, 5) is 47.1. The van der Waals surface area contributed by atoms with Gasteiger partial charge in [-0.15, -0.1) is 0 Å². The molecule has 0 saturated carbocycles. The third-order valence-electron chi connectivity index (χ3n) is 6.36. The van der Waals surface area contributed by atoms with Crippen molar-refractivity contribution in [3.63, 3.8) is 0 Å². The van der Waals surface area contributed by atoms with Crippen LogP contribution < -0.4 is 21.3 Å². The van der Waals surface area contributed by atoms with Gasteiger partial charge in [0.2, 0.25) is 0 Å². The number of phenolic OH excluding ortho intramolecular Hbond substituents is 1. The second kappa shape index (κ2) is 16.9. The molecule has 0 saturated heterocycles. The van der Waals surface area contributed by atoms with Crippen molar-refractivity contribution in [2.45, 2.75) is 0 Å². The molecule has 11 nitrogen and oxygen atoms in total. The summed E-state index contributed by atoms with van der Waals surface area (Å²) < 4.78 is 0. The van der Waals surface area contributed by atoms with Crippen LogP contribution in [0.4, 0.5) is 33.2 Å². The van der Waals surface area contributed by atoms with Crippen LogP contribution >= 0.6 is 58.0 Å². The Labute approximate surface area is 303 Å². The Morgan fingerprint density at radius 3 is 1.63 bits per heavy atom. The molecule has 49 heavy (non-hydrogen) atoms. The largest absolute Gasteiger partial charge is 0.505 e. The Balaban J connectivity index is 0.000000237. The average Bonchev–Trinajstić information content (AvgIpc) is 3.06. The number of benzene rings is 5. The third kappa shape index (κ3) is 9.53. The van der Waals surface area contributed by atoms with Crippen molar-refractivity contribution >= 4 is 104 Å². The Hall–Kier alpha value is -5.04. The van der Waals surface area contributed by atoms with E-state index in [2.05, 4.69) is 21.3 Å². The minimum atomic E-state index is -0.693. The first kappa shape index (κ1) is 36.8. The number of urea groups is 1. The molecule has 0 aromatic heterocycles. The Morgan fingerprint density at radius 1 is 0.551 bits per heavy atom. The van der Waals surface area contributed by atoms with Crippen molar-refractivity contribution in [1.82, 2.24) is 0 Å². The molecule has 0 unspecified atom stereocenters. The fourth-order valence-corrected chi connectivity index (χ4v) is 5.28. The zero-order valence-corrected chi connectivity index (χ0v) is 28.4. The fraction of sp³-hybridized carbons (Fsp3) is 0. The molecule has 0 heterocycles. The Bertz CT molecular complexity index is 2030. The summed E-state index contributed by atoms with van der Waals surface area (Å²) >= 11 is 29.8. The number of anilines is 4. The zero-order valence-electron chi connectivity index (χ0n) is 24.6. The highest BCUT2D eigenvalue weighted by molar-refractivity contribution is 6.44. The maximum atomic E-state index is 12.6. The van der Waals surface area contributed by atoms with E-state index in [9.17, 15) is 29.6 Å². The molecule has 0 atom stereocenters. The van der Waals surface area contributed by atoms with Crippen LogP contribution in [0.2, 0.25) is 25.1 Å². The van der Waals surface area contributed by atoms with Gasteiger partial charge in [0.15, 0.2) is 5.75 Å². The number of para-hydroxylation sites is 2. The quantitative estimate of drug-likeness (QED) is 0.0630. The van der Waals surface area contributed by atoms with Gasteiger partial charge in [-0.1, -0.05) is 100 Å². The van der Waals surface area contributed by atoms with Gasteiger partial charge in [0, 0.05) is 17.4 Å². The molecule has 250 valence electrons. The Morgan fingerprint density at radius 2 is 1.06 bits per heavy atom. The van der Waals surface area contributed by atoms with Crippen molar-refractivity contribution in [2.24, 2.45) is 0 Å². The third-order valence-corrected chi connectivity index (χ3v) is 8.19. The number of halogens is 5. The first-order chi connectivity index (χ1) is 23.4. The van der Waals surface area contributed by atoms with Gasteiger partial charge in [-0.3, -0.25) is 19.7 Å². The summed E-state index contributed by atoms with van der Waals surface area (Å²) in [7, 11) is 0. The summed E-state index contributed by atoms with van der Waals surface area (Å²) in [5.41, 5.74) is 0.681. The minimum Gasteiger partial charge on any atom is -0.505 e. The molecule has 0 spiro atoms. The lowest BCUT2D eigenvalue weighted by molar-refractivity contribution is -0.384. The fourth-order valence-electron chi connectivity index (χ4n) is 4.08. The topological polar surface area (TPSA) is 163 Å². The van der Waals surface area contributed by atoms with E-state index in [1.54, 1.807) is 78.9 Å².